The minimum atomic E-state index is -0.366. The number of nitrogens with one attached hydrogen (secondary N) is 1. The van der Waals surface area contributed by atoms with Crippen LogP contribution < -0.4 is 5.32 Å². The first-order valence-corrected chi connectivity index (χ1v) is 5.16. The number of aromatic nitrogens is 1. The summed E-state index contributed by atoms with van der Waals surface area (Å²) >= 11 is 0. The van der Waals surface area contributed by atoms with Crippen molar-refractivity contribution < 1.29 is 9.59 Å². The summed E-state index contributed by atoms with van der Waals surface area (Å²) in [7, 11) is 1.65. The molecule has 1 aromatic heterocycles. The van der Waals surface area contributed by atoms with E-state index in [0.29, 0.717) is 18.7 Å². The van der Waals surface area contributed by atoms with E-state index in [1.165, 1.54) is 4.90 Å². The molecule has 2 rings (SSSR count). The smallest absolute Gasteiger partial charge is 0.248 e. The third-order valence-electron chi connectivity index (χ3n) is 2.71. The number of carbonyl (C=O) groups excluding carboxylic acids is 2. The van der Waals surface area contributed by atoms with Crippen molar-refractivity contribution in [2.75, 3.05) is 12.4 Å². The number of rotatable bonds is 2. The Bertz CT molecular complexity index is 405. The Morgan fingerprint density at radius 2 is 2.38 bits per heavy atom. The van der Waals surface area contributed by atoms with E-state index in [0.717, 1.165) is 0 Å². The summed E-state index contributed by atoms with van der Waals surface area (Å²) in [6.45, 7) is 0. The lowest BCUT2D eigenvalue weighted by atomic mass is 10.2. The molecule has 1 saturated heterocycles. The summed E-state index contributed by atoms with van der Waals surface area (Å²) in [5.41, 5.74) is 0. The first kappa shape index (κ1) is 10.6. The highest BCUT2D eigenvalue weighted by Gasteiger charge is 2.33. The van der Waals surface area contributed by atoms with Gasteiger partial charge in [0.15, 0.2) is 0 Å². The molecule has 84 valence electrons. The van der Waals surface area contributed by atoms with Crippen LogP contribution >= 0.6 is 0 Å². The highest BCUT2D eigenvalue weighted by molar-refractivity contribution is 5.98. The van der Waals surface area contributed by atoms with Crippen molar-refractivity contribution in [2.45, 2.75) is 18.9 Å². The van der Waals surface area contributed by atoms with Gasteiger partial charge in [-0.25, -0.2) is 4.98 Å². The van der Waals surface area contributed by atoms with E-state index in [1.807, 2.05) is 0 Å². The van der Waals surface area contributed by atoms with Crippen LogP contribution in [0.4, 0.5) is 5.82 Å². The highest BCUT2D eigenvalue weighted by Crippen LogP contribution is 2.17. The van der Waals surface area contributed by atoms with Crippen LogP contribution in [0.5, 0.6) is 0 Å². The Morgan fingerprint density at radius 1 is 1.56 bits per heavy atom. The van der Waals surface area contributed by atoms with E-state index in [2.05, 4.69) is 10.3 Å². The predicted molar refractivity (Wildman–Crippen MR) is 58.7 cm³/mol. The molecule has 1 atom stereocenters. The Balaban J connectivity index is 2.02. The lowest BCUT2D eigenvalue weighted by Crippen LogP contribution is -2.39. The van der Waals surface area contributed by atoms with Gasteiger partial charge in [0.25, 0.3) is 0 Å². The summed E-state index contributed by atoms with van der Waals surface area (Å²) in [5, 5.41) is 2.69. The molecule has 0 saturated carbocycles. The van der Waals surface area contributed by atoms with E-state index in [4.69, 9.17) is 0 Å². The molecule has 16 heavy (non-hydrogen) atoms. The number of likely N-dealkylation sites (N-methyl/N-ethyl adjacent to an activating group) is 1. The summed E-state index contributed by atoms with van der Waals surface area (Å²) in [6.07, 6.45) is 2.63. The first-order chi connectivity index (χ1) is 7.68. The van der Waals surface area contributed by atoms with Gasteiger partial charge in [0.1, 0.15) is 11.9 Å². The minimum Gasteiger partial charge on any atom is -0.334 e. The molecule has 1 fully saturated rings. The maximum atomic E-state index is 11.8. The third-order valence-corrected chi connectivity index (χ3v) is 2.71. The number of likely N-dealkylation sites (tertiary alicyclic amines) is 1. The van der Waals surface area contributed by atoms with Gasteiger partial charge >= 0.3 is 0 Å². The van der Waals surface area contributed by atoms with Crippen molar-refractivity contribution >= 4 is 17.6 Å². The molecule has 2 amide bonds. The van der Waals surface area contributed by atoms with Crippen LogP contribution in [0.1, 0.15) is 12.8 Å². The van der Waals surface area contributed by atoms with E-state index >= 15 is 0 Å². The Kier molecular flexibility index (Phi) is 2.85. The number of amides is 2. The van der Waals surface area contributed by atoms with Crippen LogP contribution in [0.25, 0.3) is 0 Å². The molecule has 1 N–H and O–H groups in total. The molecule has 1 aliphatic heterocycles. The van der Waals surface area contributed by atoms with E-state index in [9.17, 15) is 9.59 Å². The molecule has 5 nitrogen and oxygen atoms in total. The van der Waals surface area contributed by atoms with Crippen molar-refractivity contribution in [3.8, 4) is 0 Å². The van der Waals surface area contributed by atoms with Crippen molar-refractivity contribution in [1.82, 2.24) is 9.88 Å². The van der Waals surface area contributed by atoms with E-state index in [-0.39, 0.29) is 17.9 Å². The largest absolute Gasteiger partial charge is 0.334 e. The average molecular weight is 219 g/mol. The number of nitrogens with zero attached hydrogens (tertiary/aromatic N) is 2. The van der Waals surface area contributed by atoms with Gasteiger partial charge in [-0.1, -0.05) is 6.07 Å². The molecular weight excluding hydrogens is 206 g/mol. The molecule has 0 spiro atoms. The Labute approximate surface area is 93.5 Å². The quantitative estimate of drug-likeness (QED) is 0.794. The topological polar surface area (TPSA) is 62.3 Å². The minimum absolute atomic E-state index is 0.0150. The van der Waals surface area contributed by atoms with Crippen molar-refractivity contribution in [3.63, 3.8) is 0 Å². The van der Waals surface area contributed by atoms with Gasteiger partial charge in [-0.2, -0.15) is 0 Å². The Morgan fingerprint density at radius 3 is 2.94 bits per heavy atom. The third kappa shape index (κ3) is 2.03. The zero-order valence-electron chi connectivity index (χ0n) is 9.01. The van der Waals surface area contributed by atoms with Crippen molar-refractivity contribution in [3.05, 3.63) is 24.4 Å². The van der Waals surface area contributed by atoms with Crippen molar-refractivity contribution in [1.29, 1.82) is 0 Å². The molecule has 1 aliphatic rings. The maximum absolute atomic E-state index is 11.8. The predicted octanol–water partition coefficient (Wildman–Crippen LogP) is 0.641. The maximum Gasteiger partial charge on any atom is 0.248 e. The van der Waals surface area contributed by atoms with Crippen LogP contribution in [0.2, 0.25) is 0 Å². The SMILES string of the molecule is CN1C(=O)CCC1C(=O)Nc1ccccn1. The second-order valence-corrected chi connectivity index (χ2v) is 3.76. The molecule has 1 unspecified atom stereocenters. The average Bonchev–Trinajstić information content (AvgIpc) is 2.61. The summed E-state index contributed by atoms with van der Waals surface area (Å²) in [5.74, 6) is 0.355. The van der Waals surface area contributed by atoms with Crippen LogP contribution in [0.3, 0.4) is 0 Å². The molecule has 0 aliphatic carbocycles. The Hall–Kier alpha value is -1.91. The van der Waals surface area contributed by atoms with Gasteiger partial charge in [0, 0.05) is 19.7 Å². The zero-order chi connectivity index (χ0) is 11.5. The molecule has 5 heteroatoms. The fourth-order valence-corrected chi connectivity index (χ4v) is 1.76. The van der Waals surface area contributed by atoms with E-state index < -0.39 is 0 Å². The molecule has 2 heterocycles. The number of pyridine rings is 1. The van der Waals surface area contributed by atoms with Gasteiger partial charge in [-0.15, -0.1) is 0 Å². The second-order valence-electron chi connectivity index (χ2n) is 3.76. The fourth-order valence-electron chi connectivity index (χ4n) is 1.76. The molecule has 1 aromatic rings. The van der Waals surface area contributed by atoms with Gasteiger partial charge in [0.2, 0.25) is 11.8 Å². The summed E-state index contributed by atoms with van der Waals surface area (Å²) in [4.78, 5) is 28.6. The number of hydrogen-bond donors (Lipinski definition) is 1. The fraction of sp³-hybridized carbons (Fsp3) is 0.364. The number of anilines is 1. The van der Waals surface area contributed by atoms with Crippen molar-refractivity contribution in [2.24, 2.45) is 0 Å². The second kappa shape index (κ2) is 4.30. The molecule has 0 radical (unpaired) electrons. The number of hydrogen-bond acceptors (Lipinski definition) is 3. The number of carbonyl (C=O) groups is 2. The highest BCUT2D eigenvalue weighted by atomic mass is 16.2. The normalized spacial score (nSPS) is 19.9. The van der Waals surface area contributed by atoms with Gasteiger partial charge in [0.05, 0.1) is 0 Å². The summed E-state index contributed by atoms with van der Waals surface area (Å²) in [6, 6.07) is 4.93. The molecule has 0 aromatic carbocycles. The monoisotopic (exact) mass is 219 g/mol. The van der Waals surface area contributed by atoms with Crippen LogP contribution in [-0.4, -0.2) is 34.8 Å². The van der Waals surface area contributed by atoms with Crippen LogP contribution in [0.15, 0.2) is 24.4 Å². The van der Waals surface area contributed by atoms with E-state index in [1.54, 1.807) is 31.4 Å². The lowest BCUT2D eigenvalue weighted by molar-refractivity contribution is -0.131. The van der Waals surface area contributed by atoms with Gasteiger partial charge in [-0.3, -0.25) is 9.59 Å². The summed E-state index contributed by atoms with van der Waals surface area (Å²) < 4.78 is 0. The molecular formula is C11H13N3O2. The lowest BCUT2D eigenvalue weighted by Gasteiger charge is -2.18. The van der Waals surface area contributed by atoms with Crippen LogP contribution in [-0.2, 0) is 9.59 Å². The van der Waals surface area contributed by atoms with Gasteiger partial charge in [-0.05, 0) is 18.6 Å². The first-order valence-electron chi connectivity index (χ1n) is 5.16. The molecule has 0 bridgehead atoms. The standard InChI is InChI=1S/C11H13N3O2/c1-14-8(5-6-10(14)15)11(16)13-9-4-2-3-7-12-9/h2-4,7-8H,5-6H2,1H3,(H,12,13,16). The zero-order valence-corrected chi connectivity index (χ0v) is 9.01. The van der Waals surface area contributed by atoms with Crippen LogP contribution in [0, 0.1) is 0 Å². The van der Waals surface area contributed by atoms with Gasteiger partial charge < -0.3 is 10.2 Å².